The highest BCUT2D eigenvalue weighted by Crippen LogP contribution is 2.30. The molecule has 2 aromatic heterocycles. The Morgan fingerprint density at radius 1 is 1.00 bits per heavy atom. The van der Waals surface area contributed by atoms with E-state index in [0.717, 1.165) is 25.9 Å². The van der Waals surface area contributed by atoms with Gasteiger partial charge in [-0.05, 0) is 95.1 Å². The van der Waals surface area contributed by atoms with Crippen molar-refractivity contribution in [2.45, 2.75) is 57.5 Å². The normalized spacial score (nSPS) is 18.1. The van der Waals surface area contributed by atoms with Crippen LogP contribution in [0.25, 0.3) is 16.9 Å². The number of carbonyl (C=O) groups excluding carboxylic acids is 1. The number of imidazole rings is 1. The third kappa shape index (κ3) is 6.06. The Morgan fingerprint density at radius 2 is 1.71 bits per heavy atom. The molecule has 1 atom stereocenters. The van der Waals surface area contributed by atoms with Crippen LogP contribution in [0.1, 0.15) is 52.0 Å². The van der Waals surface area contributed by atoms with Crippen molar-refractivity contribution in [2.24, 2.45) is 0 Å². The Bertz CT molecular complexity index is 1810. The molecule has 45 heavy (non-hydrogen) atoms. The fraction of sp³-hybridized carbons (Fsp3) is 0.382. The van der Waals surface area contributed by atoms with Crippen LogP contribution in [0.2, 0.25) is 0 Å². The molecule has 0 saturated carbocycles. The topological polar surface area (TPSA) is 135 Å². The second kappa shape index (κ2) is 12.6. The number of hydrogen-bond donors (Lipinski definition) is 1. The molecule has 6 rings (SSSR count). The molecule has 1 amide bonds. The average Bonchev–Trinajstić information content (AvgIpc) is 3.37. The lowest BCUT2D eigenvalue weighted by Crippen LogP contribution is -2.47. The molecule has 2 fully saturated rings. The van der Waals surface area contributed by atoms with E-state index in [-0.39, 0.29) is 35.6 Å². The smallest absolute Gasteiger partial charge is 0.335 e. The molecule has 0 radical (unpaired) electrons. The summed E-state index contributed by atoms with van der Waals surface area (Å²) in [6.07, 6.45) is 7.93. The Morgan fingerprint density at radius 3 is 2.42 bits per heavy atom. The number of carbonyl (C=O) groups is 1. The zero-order valence-corrected chi connectivity index (χ0v) is 25.7. The number of likely N-dealkylation sites (tertiary alicyclic amines) is 2. The van der Waals surface area contributed by atoms with E-state index in [2.05, 4.69) is 34.8 Å². The second-order valence-corrected chi connectivity index (χ2v) is 12.2. The number of rotatable bonds is 7. The quantitative estimate of drug-likeness (QED) is 0.233. The van der Waals surface area contributed by atoms with Gasteiger partial charge in [0.05, 0.1) is 11.7 Å². The van der Waals surface area contributed by atoms with Crippen LogP contribution in [-0.4, -0.2) is 66.5 Å². The van der Waals surface area contributed by atoms with Crippen molar-refractivity contribution in [3.05, 3.63) is 83.1 Å². The van der Waals surface area contributed by atoms with Crippen LogP contribution >= 0.6 is 0 Å². The van der Waals surface area contributed by atoms with Gasteiger partial charge >= 0.3 is 5.69 Å². The number of hydrogen-bond acceptors (Lipinski definition) is 8. The lowest BCUT2D eigenvalue weighted by Gasteiger charge is -2.39. The number of nitriles is 1. The van der Waals surface area contributed by atoms with Crippen LogP contribution in [0.4, 0.5) is 5.82 Å². The van der Waals surface area contributed by atoms with Gasteiger partial charge in [0.1, 0.15) is 35.0 Å². The van der Waals surface area contributed by atoms with Gasteiger partial charge in [-0.3, -0.25) is 18.8 Å². The Kier molecular flexibility index (Phi) is 8.41. The number of benzene rings is 2. The van der Waals surface area contributed by atoms with Gasteiger partial charge in [-0.15, -0.1) is 0 Å². The van der Waals surface area contributed by atoms with E-state index >= 15 is 0 Å². The molecule has 4 heterocycles. The van der Waals surface area contributed by atoms with Crippen molar-refractivity contribution in [2.75, 3.05) is 31.9 Å². The summed E-state index contributed by atoms with van der Waals surface area (Å²) >= 11 is 0. The van der Waals surface area contributed by atoms with Gasteiger partial charge in [0.15, 0.2) is 11.5 Å². The highest BCUT2D eigenvalue weighted by molar-refractivity contribution is 5.97. The number of aromatic nitrogens is 4. The summed E-state index contributed by atoms with van der Waals surface area (Å²) in [4.78, 5) is 40.5. The van der Waals surface area contributed by atoms with Crippen LogP contribution in [-0.2, 0) is 4.79 Å². The van der Waals surface area contributed by atoms with Gasteiger partial charge in [-0.2, -0.15) is 5.26 Å². The summed E-state index contributed by atoms with van der Waals surface area (Å²) in [6, 6.07) is 18.4. The van der Waals surface area contributed by atoms with Gasteiger partial charge in [0.25, 0.3) is 5.91 Å². The van der Waals surface area contributed by atoms with Crippen molar-refractivity contribution in [1.29, 1.82) is 5.26 Å². The van der Waals surface area contributed by atoms with Gasteiger partial charge in [0.2, 0.25) is 0 Å². The largest absolute Gasteiger partial charge is 0.457 e. The molecule has 0 bridgehead atoms. The van der Waals surface area contributed by atoms with Crippen LogP contribution < -0.4 is 16.2 Å². The molecule has 0 spiro atoms. The maximum absolute atomic E-state index is 14.1. The average molecular weight is 607 g/mol. The SMILES string of the molecule is CC(C)(C=C(C#N)C(=O)N1CCC[C@H](n2c(=O)n(-c3ccc(Oc4ccccc4)cc3)c3c(N)ncnc32)C1)N1CCCCC1. The van der Waals surface area contributed by atoms with Crippen molar-refractivity contribution >= 4 is 22.9 Å². The number of nitrogen functional groups attached to an aromatic ring is 1. The number of para-hydroxylation sites is 1. The predicted octanol–water partition coefficient (Wildman–Crippen LogP) is 4.83. The van der Waals surface area contributed by atoms with Crippen LogP contribution in [0.15, 0.2) is 77.4 Å². The number of amides is 1. The first kappa shape index (κ1) is 30.1. The molecule has 2 aromatic carbocycles. The molecule has 232 valence electrons. The third-order valence-electron chi connectivity index (χ3n) is 8.82. The minimum Gasteiger partial charge on any atom is -0.457 e. The number of anilines is 1. The standard InChI is InChI=1S/C34H38N8O3/c1-34(2,40-18-7-4-8-19-40)20-24(21-35)32(43)39-17-9-10-26(22-39)42-31-29(30(36)37-23-38-31)41(33(42)44)25-13-15-28(16-14-25)45-27-11-5-3-6-12-27/h3,5-6,11-16,20,23,26H,4,7-10,17-19,22H2,1-2H3,(H2,36,37,38)/t26-/m0/s1. The predicted molar refractivity (Wildman–Crippen MR) is 172 cm³/mol. The number of fused-ring (bicyclic) bond motifs is 1. The highest BCUT2D eigenvalue weighted by Gasteiger charge is 2.33. The van der Waals surface area contributed by atoms with E-state index in [1.54, 1.807) is 39.8 Å². The molecule has 2 saturated heterocycles. The Hall–Kier alpha value is -4.95. The molecule has 2 aliphatic heterocycles. The number of nitrogens with two attached hydrogens (primary N) is 1. The maximum Gasteiger partial charge on any atom is 0.335 e. The van der Waals surface area contributed by atoms with Crippen LogP contribution in [0.3, 0.4) is 0 Å². The van der Waals surface area contributed by atoms with E-state index in [1.807, 2.05) is 30.3 Å². The highest BCUT2D eigenvalue weighted by atomic mass is 16.5. The monoisotopic (exact) mass is 606 g/mol. The minimum atomic E-state index is -0.420. The van der Waals surface area contributed by atoms with E-state index in [1.165, 1.54) is 17.3 Å². The van der Waals surface area contributed by atoms with Gasteiger partial charge in [-0.25, -0.2) is 14.8 Å². The van der Waals surface area contributed by atoms with Crippen LogP contribution in [0.5, 0.6) is 11.5 Å². The minimum absolute atomic E-state index is 0.130. The van der Waals surface area contributed by atoms with Crippen molar-refractivity contribution in [1.82, 2.24) is 28.9 Å². The zero-order valence-electron chi connectivity index (χ0n) is 25.7. The van der Waals surface area contributed by atoms with Crippen molar-refractivity contribution in [3.63, 3.8) is 0 Å². The lowest BCUT2D eigenvalue weighted by atomic mass is 9.95. The summed E-state index contributed by atoms with van der Waals surface area (Å²) in [5.74, 6) is 1.20. The summed E-state index contributed by atoms with van der Waals surface area (Å²) in [6.45, 7) is 6.79. The van der Waals surface area contributed by atoms with E-state index in [0.29, 0.717) is 47.7 Å². The van der Waals surface area contributed by atoms with Crippen molar-refractivity contribution < 1.29 is 9.53 Å². The van der Waals surface area contributed by atoms with E-state index in [4.69, 9.17) is 10.5 Å². The molecule has 0 aliphatic carbocycles. The molecular formula is C34H38N8O3. The lowest BCUT2D eigenvalue weighted by molar-refractivity contribution is -0.128. The molecule has 11 nitrogen and oxygen atoms in total. The molecule has 11 heteroatoms. The van der Waals surface area contributed by atoms with Crippen LogP contribution in [0, 0.1) is 11.3 Å². The van der Waals surface area contributed by atoms with Gasteiger partial charge in [0, 0.05) is 18.6 Å². The summed E-state index contributed by atoms with van der Waals surface area (Å²) in [7, 11) is 0. The summed E-state index contributed by atoms with van der Waals surface area (Å²) < 4.78 is 9.06. The Labute approximate surface area is 262 Å². The maximum atomic E-state index is 14.1. The molecule has 4 aromatic rings. The van der Waals surface area contributed by atoms with E-state index < -0.39 is 5.54 Å². The summed E-state index contributed by atoms with van der Waals surface area (Å²) in [5.41, 5.74) is 7.11. The fourth-order valence-corrected chi connectivity index (χ4v) is 6.50. The Balaban J connectivity index is 1.30. The van der Waals surface area contributed by atoms with Gasteiger partial charge in [-0.1, -0.05) is 24.6 Å². The number of piperidine rings is 2. The summed E-state index contributed by atoms with van der Waals surface area (Å²) in [5, 5.41) is 10.0. The zero-order chi connectivity index (χ0) is 31.6. The number of ether oxygens (including phenoxy) is 1. The van der Waals surface area contributed by atoms with E-state index in [9.17, 15) is 14.9 Å². The van der Waals surface area contributed by atoms with Crippen molar-refractivity contribution in [3.8, 4) is 23.3 Å². The second-order valence-electron chi connectivity index (χ2n) is 12.2. The number of nitrogens with zero attached hydrogens (tertiary/aromatic N) is 7. The first-order chi connectivity index (χ1) is 21.8. The molecule has 0 unspecified atom stereocenters. The molecule has 2 aliphatic rings. The molecular weight excluding hydrogens is 568 g/mol. The van der Waals surface area contributed by atoms with Gasteiger partial charge < -0.3 is 15.4 Å². The fourth-order valence-electron chi connectivity index (χ4n) is 6.50. The third-order valence-corrected chi connectivity index (χ3v) is 8.82. The first-order valence-corrected chi connectivity index (χ1v) is 15.5. The molecule has 2 N–H and O–H groups in total. The first-order valence-electron chi connectivity index (χ1n) is 15.5.